The van der Waals surface area contributed by atoms with Gasteiger partial charge in [-0.3, -0.25) is 4.57 Å². The van der Waals surface area contributed by atoms with Crippen molar-refractivity contribution in [2.75, 3.05) is 14.2 Å². The van der Waals surface area contributed by atoms with Crippen molar-refractivity contribution in [3.63, 3.8) is 0 Å². The SMILES string of the molecule is COc1ccc(-n2c(SCc3coc(-c4cccs4)n3)nnc2-c2ccccc2OC)cc1. The van der Waals surface area contributed by atoms with Crippen LogP contribution in [-0.4, -0.2) is 34.0 Å². The Morgan fingerprint density at radius 1 is 0.970 bits per heavy atom. The molecule has 0 saturated heterocycles. The smallest absolute Gasteiger partial charge is 0.236 e. The van der Waals surface area contributed by atoms with Crippen molar-refractivity contribution in [3.8, 4) is 39.3 Å². The second-order valence-electron chi connectivity index (χ2n) is 6.95. The van der Waals surface area contributed by atoms with E-state index in [4.69, 9.17) is 13.9 Å². The highest BCUT2D eigenvalue weighted by atomic mass is 32.2. The van der Waals surface area contributed by atoms with E-state index in [1.54, 1.807) is 43.6 Å². The van der Waals surface area contributed by atoms with Crippen molar-refractivity contribution >= 4 is 23.1 Å². The number of rotatable bonds is 8. The Labute approximate surface area is 199 Å². The largest absolute Gasteiger partial charge is 0.497 e. The third kappa shape index (κ3) is 4.37. The first-order valence-corrected chi connectivity index (χ1v) is 12.0. The molecule has 33 heavy (non-hydrogen) atoms. The van der Waals surface area contributed by atoms with E-state index in [-0.39, 0.29) is 0 Å². The van der Waals surface area contributed by atoms with Gasteiger partial charge in [-0.1, -0.05) is 30.0 Å². The quantitative estimate of drug-likeness (QED) is 0.256. The lowest BCUT2D eigenvalue weighted by Gasteiger charge is -2.12. The monoisotopic (exact) mass is 476 g/mol. The Kier molecular flexibility index (Phi) is 6.14. The van der Waals surface area contributed by atoms with Gasteiger partial charge in [0.05, 0.1) is 36.0 Å². The molecule has 5 aromatic rings. The van der Waals surface area contributed by atoms with Crippen LogP contribution in [0.1, 0.15) is 5.69 Å². The Balaban J connectivity index is 1.49. The van der Waals surface area contributed by atoms with Gasteiger partial charge in [-0.05, 0) is 47.8 Å². The van der Waals surface area contributed by atoms with Crippen molar-refractivity contribution in [2.24, 2.45) is 0 Å². The highest BCUT2D eigenvalue weighted by molar-refractivity contribution is 7.98. The maximum absolute atomic E-state index is 5.66. The molecular formula is C24H20N4O3S2. The molecular weight excluding hydrogens is 456 g/mol. The fourth-order valence-electron chi connectivity index (χ4n) is 3.36. The molecule has 3 heterocycles. The van der Waals surface area contributed by atoms with Gasteiger partial charge in [0, 0.05) is 5.75 Å². The summed E-state index contributed by atoms with van der Waals surface area (Å²) in [6.07, 6.45) is 1.69. The number of aromatic nitrogens is 4. The summed E-state index contributed by atoms with van der Waals surface area (Å²) >= 11 is 3.14. The van der Waals surface area contributed by atoms with Crippen LogP contribution in [0.2, 0.25) is 0 Å². The molecule has 0 aliphatic carbocycles. The Hall–Kier alpha value is -3.56. The molecule has 5 rings (SSSR count). The third-order valence-electron chi connectivity index (χ3n) is 4.94. The molecule has 0 fully saturated rings. The lowest BCUT2D eigenvalue weighted by Crippen LogP contribution is -2.01. The summed E-state index contributed by atoms with van der Waals surface area (Å²) in [5.74, 6) is 3.43. The van der Waals surface area contributed by atoms with E-state index in [1.807, 2.05) is 70.6 Å². The predicted molar refractivity (Wildman–Crippen MR) is 129 cm³/mol. The van der Waals surface area contributed by atoms with Gasteiger partial charge < -0.3 is 13.9 Å². The fourth-order valence-corrected chi connectivity index (χ4v) is 4.84. The summed E-state index contributed by atoms with van der Waals surface area (Å²) in [5, 5.41) is 11.7. The molecule has 0 bridgehead atoms. The van der Waals surface area contributed by atoms with Crippen molar-refractivity contribution in [3.05, 3.63) is 78.0 Å². The number of oxazole rings is 1. The summed E-state index contributed by atoms with van der Waals surface area (Å²) in [7, 11) is 3.30. The van der Waals surface area contributed by atoms with Crippen molar-refractivity contribution < 1.29 is 13.9 Å². The molecule has 0 atom stereocenters. The summed E-state index contributed by atoms with van der Waals surface area (Å²) in [6, 6.07) is 19.6. The summed E-state index contributed by atoms with van der Waals surface area (Å²) in [6.45, 7) is 0. The topological polar surface area (TPSA) is 75.2 Å². The number of para-hydroxylation sites is 1. The number of thiophene rings is 1. The Morgan fingerprint density at radius 2 is 1.82 bits per heavy atom. The average Bonchev–Trinajstić information content (AvgIpc) is 3.63. The van der Waals surface area contributed by atoms with Crippen molar-refractivity contribution in [2.45, 2.75) is 10.9 Å². The standard InChI is InChI=1S/C24H20N4O3S2/c1-29-18-11-9-17(10-12-18)28-22(19-6-3-4-7-20(19)30-2)26-27-24(28)33-15-16-14-31-23(25-16)21-8-5-13-32-21/h3-14H,15H2,1-2H3. The van der Waals surface area contributed by atoms with E-state index in [1.165, 1.54) is 0 Å². The normalized spacial score (nSPS) is 11.0. The number of nitrogens with zero attached hydrogens (tertiary/aromatic N) is 4. The molecule has 0 unspecified atom stereocenters. The Morgan fingerprint density at radius 3 is 2.58 bits per heavy atom. The predicted octanol–water partition coefficient (Wildman–Crippen LogP) is 5.96. The molecule has 2 aromatic carbocycles. The summed E-state index contributed by atoms with van der Waals surface area (Å²) in [5.41, 5.74) is 2.62. The van der Waals surface area contributed by atoms with Crippen LogP contribution in [0.5, 0.6) is 11.5 Å². The van der Waals surface area contributed by atoms with Crippen LogP contribution in [0.25, 0.3) is 27.8 Å². The molecule has 7 nitrogen and oxygen atoms in total. The molecule has 166 valence electrons. The third-order valence-corrected chi connectivity index (χ3v) is 6.77. The molecule has 0 N–H and O–H groups in total. The van der Waals surface area contributed by atoms with Gasteiger partial charge in [0.25, 0.3) is 0 Å². The number of ether oxygens (including phenoxy) is 2. The first-order chi connectivity index (χ1) is 16.3. The van der Waals surface area contributed by atoms with E-state index in [9.17, 15) is 0 Å². The molecule has 0 spiro atoms. The van der Waals surface area contributed by atoms with Gasteiger partial charge in [0.15, 0.2) is 11.0 Å². The van der Waals surface area contributed by atoms with Gasteiger partial charge >= 0.3 is 0 Å². The van der Waals surface area contributed by atoms with Gasteiger partial charge in [0.1, 0.15) is 17.8 Å². The molecule has 9 heteroatoms. The van der Waals surface area contributed by atoms with Crippen molar-refractivity contribution in [1.82, 2.24) is 19.7 Å². The van der Waals surface area contributed by atoms with Crippen molar-refractivity contribution in [1.29, 1.82) is 0 Å². The van der Waals surface area contributed by atoms with E-state index in [2.05, 4.69) is 15.2 Å². The first kappa shape index (κ1) is 21.3. The van der Waals surface area contributed by atoms with Crippen LogP contribution < -0.4 is 9.47 Å². The van der Waals surface area contributed by atoms with Gasteiger partial charge in [-0.2, -0.15) is 0 Å². The van der Waals surface area contributed by atoms with E-state index < -0.39 is 0 Å². The molecule has 0 radical (unpaired) electrons. The zero-order valence-corrected chi connectivity index (χ0v) is 19.6. The minimum absolute atomic E-state index is 0.592. The molecule has 0 aliphatic heterocycles. The Bertz CT molecular complexity index is 1340. The van der Waals surface area contributed by atoms with Crippen LogP contribution in [0.15, 0.2) is 81.9 Å². The highest BCUT2D eigenvalue weighted by Crippen LogP contribution is 2.34. The van der Waals surface area contributed by atoms with E-state index >= 15 is 0 Å². The summed E-state index contributed by atoms with van der Waals surface area (Å²) in [4.78, 5) is 5.62. The average molecular weight is 477 g/mol. The number of benzene rings is 2. The van der Waals surface area contributed by atoms with Gasteiger partial charge in [-0.15, -0.1) is 21.5 Å². The van der Waals surface area contributed by atoms with Crippen LogP contribution in [-0.2, 0) is 5.75 Å². The molecule has 0 aliphatic rings. The number of thioether (sulfide) groups is 1. The minimum Gasteiger partial charge on any atom is -0.497 e. The maximum Gasteiger partial charge on any atom is 0.236 e. The zero-order chi connectivity index (χ0) is 22.6. The first-order valence-electron chi connectivity index (χ1n) is 10.1. The highest BCUT2D eigenvalue weighted by Gasteiger charge is 2.20. The van der Waals surface area contributed by atoms with E-state index in [0.29, 0.717) is 17.5 Å². The maximum atomic E-state index is 5.66. The molecule has 0 amide bonds. The number of hydrogen-bond acceptors (Lipinski definition) is 8. The fraction of sp³-hybridized carbons (Fsp3) is 0.125. The number of hydrogen-bond donors (Lipinski definition) is 0. The lowest BCUT2D eigenvalue weighted by molar-refractivity contribution is 0.414. The second kappa shape index (κ2) is 9.51. The van der Waals surface area contributed by atoms with Crippen LogP contribution in [0.4, 0.5) is 0 Å². The second-order valence-corrected chi connectivity index (χ2v) is 8.84. The van der Waals surface area contributed by atoms with Crippen LogP contribution >= 0.6 is 23.1 Å². The molecule has 3 aromatic heterocycles. The zero-order valence-electron chi connectivity index (χ0n) is 18.0. The van der Waals surface area contributed by atoms with E-state index in [0.717, 1.165) is 38.5 Å². The van der Waals surface area contributed by atoms with Crippen LogP contribution in [0, 0.1) is 0 Å². The lowest BCUT2D eigenvalue weighted by atomic mass is 10.2. The number of methoxy groups -OCH3 is 2. The minimum atomic E-state index is 0.592. The van der Waals surface area contributed by atoms with Gasteiger partial charge in [-0.25, -0.2) is 4.98 Å². The van der Waals surface area contributed by atoms with Gasteiger partial charge in [0.2, 0.25) is 5.89 Å². The molecule has 0 saturated carbocycles. The summed E-state index contributed by atoms with van der Waals surface area (Å²) < 4.78 is 18.6. The van der Waals surface area contributed by atoms with Crippen LogP contribution in [0.3, 0.4) is 0 Å².